The van der Waals surface area contributed by atoms with Crippen LogP contribution in [0.1, 0.15) is 49.8 Å². The highest BCUT2D eigenvalue weighted by molar-refractivity contribution is 5.35. The van der Waals surface area contributed by atoms with E-state index in [0.29, 0.717) is 0 Å². The summed E-state index contributed by atoms with van der Waals surface area (Å²) in [4.78, 5) is 0. The van der Waals surface area contributed by atoms with Crippen molar-refractivity contribution in [2.75, 3.05) is 0 Å². The summed E-state index contributed by atoms with van der Waals surface area (Å²) in [5.74, 6) is 0. The van der Waals surface area contributed by atoms with Gasteiger partial charge in [-0.05, 0) is 17.5 Å². The molecule has 0 radical (unpaired) electrons. The monoisotopic (exact) mass is 266 g/mol. The zero-order valence-corrected chi connectivity index (χ0v) is 12.1. The lowest BCUT2D eigenvalue weighted by molar-refractivity contribution is 0.277. The SMILES string of the molecule is CCCCC[C@]1(c2ccccc2)O[C@H]1c1ccccc1. The topological polar surface area (TPSA) is 12.5 Å². The Hall–Kier alpha value is -1.60. The number of unbranched alkanes of at least 4 members (excludes halogenated alkanes) is 2. The van der Waals surface area contributed by atoms with E-state index in [1.807, 2.05) is 0 Å². The molecule has 1 heteroatoms. The van der Waals surface area contributed by atoms with Gasteiger partial charge >= 0.3 is 0 Å². The van der Waals surface area contributed by atoms with Crippen molar-refractivity contribution in [3.8, 4) is 0 Å². The van der Waals surface area contributed by atoms with Crippen LogP contribution in [-0.4, -0.2) is 0 Å². The number of epoxide rings is 1. The third-order valence-corrected chi connectivity index (χ3v) is 4.21. The third kappa shape index (κ3) is 2.51. The maximum atomic E-state index is 6.22. The Kier molecular flexibility index (Phi) is 3.88. The molecule has 2 aromatic carbocycles. The molecule has 104 valence electrons. The standard InChI is InChI=1S/C19H22O/c1-2-3-10-15-19(17-13-8-5-9-14-17)18(20-19)16-11-6-4-7-12-16/h4-9,11-14,18H,2-3,10,15H2,1H3/t18-,19+/m0/s1. The fourth-order valence-corrected chi connectivity index (χ4v) is 3.05. The van der Waals surface area contributed by atoms with Gasteiger partial charge < -0.3 is 4.74 Å². The van der Waals surface area contributed by atoms with Crippen molar-refractivity contribution in [3.05, 3.63) is 71.8 Å². The highest BCUT2D eigenvalue weighted by atomic mass is 16.6. The predicted octanol–water partition coefficient (Wildman–Crippen LogP) is 5.23. The number of hydrogen-bond acceptors (Lipinski definition) is 1. The van der Waals surface area contributed by atoms with Crippen molar-refractivity contribution in [2.24, 2.45) is 0 Å². The Morgan fingerprint density at radius 2 is 1.55 bits per heavy atom. The minimum absolute atomic E-state index is 0.0855. The molecule has 1 saturated heterocycles. The van der Waals surface area contributed by atoms with E-state index >= 15 is 0 Å². The molecule has 0 amide bonds. The summed E-state index contributed by atoms with van der Waals surface area (Å²) in [7, 11) is 0. The van der Waals surface area contributed by atoms with Crippen LogP contribution in [0.2, 0.25) is 0 Å². The van der Waals surface area contributed by atoms with E-state index in [9.17, 15) is 0 Å². The lowest BCUT2D eigenvalue weighted by Crippen LogP contribution is -2.10. The van der Waals surface area contributed by atoms with Gasteiger partial charge in [0.1, 0.15) is 11.7 Å². The second kappa shape index (κ2) is 5.80. The second-order valence-corrected chi connectivity index (χ2v) is 5.62. The van der Waals surface area contributed by atoms with Gasteiger partial charge in [0.25, 0.3) is 0 Å². The average molecular weight is 266 g/mol. The van der Waals surface area contributed by atoms with E-state index in [-0.39, 0.29) is 11.7 Å². The van der Waals surface area contributed by atoms with Crippen LogP contribution in [0.3, 0.4) is 0 Å². The van der Waals surface area contributed by atoms with Crippen LogP contribution in [0.15, 0.2) is 60.7 Å². The first-order valence-corrected chi connectivity index (χ1v) is 7.65. The summed E-state index contributed by atoms with van der Waals surface area (Å²) in [5.41, 5.74) is 2.54. The molecule has 2 atom stereocenters. The first kappa shape index (κ1) is 13.4. The van der Waals surface area contributed by atoms with Gasteiger partial charge in [-0.25, -0.2) is 0 Å². The van der Waals surface area contributed by atoms with Crippen molar-refractivity contribution in [1.82, 2.24) is 0 Å². The Morgan fingerprint density at radius 1 is 0.900 bits per heavy atom. The zero-order chi connectivity index (χ0) is 13.8. The van der Waals surface area contributed by atoms with E-state index in [4.69, 9.17) is 4.74 Å². The van der Waals surface area contributed by atoms with Crippen molar-refractivity contribution in [1.29, 1.82) is 0 Å². The molecule has 1 aliphatic heterocycles. The van der Waals surface area contributed by atoms with Crippen molar-refractivity contribution in [3.63, 3.8) is 0 Å². The molecule has 1 heterocycles. The fraction of sp³-hybridized carbons (Fsp3) is 0.368. The quantitative estimate of drug-likeness (QED) is 0.515. The minimum Gasteiger partial charge on any atom is -0.356 e. The molecule has 2 aromatic rings. The normalized spacial score (nSPS) is 24.6. The molecule has 0 saturated carbocycles. The summed E-state index contributed by atoms with van der Waals surface area (Å²) in [6.45, 7) is 2.25. The molecule has 0 spiro atoms. The van der Waals surface area contributed by atoms with Crippen molar-refractivity contribution < 1.29 is 4.74 Å². The lowest BCUT2D eigenvalue weighted by Gasteiger charge is -2.13. The Balaban J connectivity index is 1.84. The Bertz CT molecular complexity index is 534. The molecule has 1 aliphatic rings. The number of hydrogen-bond donors (Lipinski definition) is 0. The molecule has 0 unspecified atom stereocenters. The van der Waals surface area contributed by atoms with Gasteiger partial charge in [0, 0.05) is 0 Å². The molecule has 20 heavy (non-hydrogen) atoms. The van der Waals surface area contributed by atoms with Gasteiger partial charge in [0.05, 0.1) is 0 Å². The summed E-state index contributed by atoms with van der Waals surface area (Å²) in [6, 6.07) is 21.3. The lowest BCUT2D eigenvalue weighted by atomic mass is 9.87. The summed E-state index contributed by atoms with van der Waals surface area (Å²) in [5, 5.41) is 0. The largest absolute Gasteiger partial charge is 0.356 e. The zero-order valence-electron chi connectivity index (χ0n) is 12.1. The molecule has 3 rings (SSSR count). The maximum Gasteiger partial charge on any atom is 0.124 e. The first-order chi connectivity index (χ1) is 9.87. The average Bonchev–Trinajstić information content (AvgIpc) is 3.25. The number of benzene rings is 2. The minimum atomic E-state index is -0.0855. The Labute approximate surface area is 121 Å². The molecule has 0 N–H and O–H groups in total. The fourth-order valence-electron chi connectivity index (χ4n) is 3.05. The summed E-state index contributed by atoms with van der Waals surface area (Å²) < 4.78 is 6.22. The van der Waals surface area contributed by atoms with E-state index in [1.54, 1.807) is 0 Å². The first-order valence-electron chi connectivity index (χ1n) is 7.65. The van der Waals surface area contributed by atoms with Crippen molar-refractivity contribution >= 4 is 0 Å². The van der Waals surface area contributed by atoms with Crippen LogP contribution in [0.4, 0.5) is 0 Å². The maximum absolute atomic E-state index is 6.22. The van der Waals surface area contributed by atoms with Gasteiger partial charge in [-0.1, -0.05) is 86.8 Å². The van der Waals surface area contributed by atoms with E-state index in [1.165, 1.54) is 30.4 Å². The second-order valence-electron chi connectivity index (χ2n) is 5.62. The van der Waals surface area contributed by atoms with Crippen LogP contribution in [0, 0.1) is 0 Å². The smallest absolute Gasteiger partial charge is 0.124 e. The van der Waals surface area contributed by atoms with Crippen LogP contribution in [0.25, 0.3) is 0 Å². The molecular formula is C19H22O. The van der Waals surface area contributed by atoms with Crippen molar-refractivity contribution in [2.45, 2.75) is 44.3 Å². The van der Waals surface area contributed by atoms with Gasteiger partial charge in [-0.2, -0.15) is 0 Å². The third-order valence-electron chi connectivity index (χ3n) is 4.21. The highest BCUT2D eigenvalue weighted by Gasteiger charge is 2.57. The predicted molar refractivity (Wildman–Crippen MR) is 82.5 cm³/mol. The van der Waals surface area contributed by atoms with Crippen LogP contribution in [-0.2, 0) is 10.3 Å². The molecule has 0 aliphatic carbocycles. The molecular weight excluding hydrogens is 244 g/mol. The molecule has 0 aromatic heterocycles. The highest BCUT2D eigenvalue weighted by Crippen LogP contribution is 2.59. The van der Waals surface area contributed by atoms with Gasteiger partial charge in [0.2, 0.25) is 0 Å². The Morgan fingerprint density at radius 3 is 2.20 bits per heavy atom. The summed E-state index contributed by atoms with van der Waals surface area (Å²) in [6.07, 6.45) is 5.10. The van der Waals surface area contributed by atoms with Crippen LogP contribution in [0.5, 0.6) is 0 Å². The summed E-state index contributed by atoms with van der Waals surface area (Å²) >= 11 is 0. The molecule has 1 nitrogen and oxygen atoms in total. The number of ether oxygens (including phenoxy) is 1. The molecule has 0 bridgehead atoms. The number of rotatable bonds is 6. The van der Waals surface area contributed by atoms with Gasteiger partial charge in [0.15, 0.2) is 0 Å². The van der Waals surface area contributed by atoms with E-state index in [0.717, 1.165) is 6.42 Å². The van der Waals surface area contributed by atoms with Crippen LogP contribution >= 0.6 is 0 Å². The van der Waals surface area contributed by atoms with Gasteiger partial charge in [-0.3, -0.25) is 0 Å². The van der Waals surface area contributed by atoms with E-state index < -0.39 is 0 Å². The van der Waals surface area contributed by atoms with E-state index in [2.05, 4.69) is 67.6 Å². The van der Waals surface area contributed by atoms with Gasteiger partial charge in [-0.15, -0.1) is 0 Å². The van der Waals surface area contributed by atoms with Crippen LogP contribution < -0.4 is 0 Å². The molecule has 1 fully saturated rings.